The van der Waals surface area contributed by atoms with Gasteiger partial charge in [-0.2, -0.15) is 0 Å². The maximum Gasteiger partial charge on any atom is 0.338 e. The van der Waals surface area contributed by atoms with Crippen LogP contribution in [0.1, 0.15) is 79.6 Å². The Labute approximate surface area is 233 Å². The Morgan fingerprint density at radius 2 is 1.49 bits per heavy atom. The minimum atomic E-state index is -0.688. The summed E-state index contributed by atoms with van der Waals surface area (Å²) in [5, 5.41) is -0.437. The molecule has 2 aromatic rings. The third-order valence-corrected chi connectivity index (χ3v) is 8.33. The van der Waals surface area contributed by atoms with Gasteiger partial charge in [0.2, 0.25) is 0 Å². The SMILES string of the molecule is C=CC(=O)OCCCOc1ccc(C(=O)OC2CCC(C3CCC(c4cc(F)c(Cl)c(F)c4)CC3)CC2)cc1. The van der Waals surface area contributed by atoms with Gasteiger partial charge >= 0.3 is 11.9 Å². The van der Waals surface area contributed by atoms with E-state index in [-0.39, 0.29) is 24.6 Å². The average molecular weight is 561 g/mol. The second-order valence-corrected chi connectivity index (χ2v) is 10.8. The fraction of sp³-hybridized carbons (Fsp3) is 0.484. The highest BCUT2D eigenvalue weighted by Gasteiger charge is 2.33. The van der Waals surface area contributed by atoms with Gasteiger partial charge in [-0.1, -0.05) is 18.2 Å². The number of halogens is 3. The summed E-state index contributed by atoms with van der Waals surface area (Å²) in [4.78, 5) is 23.7. The van der Waals surface area contributed by atoms with Gasteiger partial charge in [0.05, 0.1) is 18.8 Å². The van der Waals surface area contributed by atoms with Crippen molar-refractivity contribution < 1.29 is 32.6 Å². The summed E-state index contributed by atoms with van der Waals surface area (Å²) in [6.45, 7) is 3.98. The molecule has 0 unspecified atom stereocenters. The molecule has 0 amide bonds. The highest BCUT2D eigenvalue weighted by Crippen LogP contribution is 2.44. The minimum Gasteiger partial charge on any atom is -0.493 e. The van der Waals surface area contributed by atoms with E-state index in [2.05, 4.69) is 6.58 Å². The number of hydrogen-bond acceptors (Lipinski definition) is 5. The molecule has 210 valence electrons. The van der Waals surface area contributed by atoms with E-state index >= 15 is 0 Å². The van der Waals surface area contributed by atoms with Crippen LogP contribution in [0, 0.1) is 23.5 Å². The molecular weight excluding hydrogens is 526 g/mol. The molecule has 0 spiro atoms. The van der Waals surface area contributed by atoms with Crippen LogP contribution in [-0.4, -0.2) is 31.3 Å². The first-order chi connectivity index (χ1) is 18.8. The van der Waals surface area contributed by atoms with Gasteiger partial charge in [0.1, 0.15) is 28.5 Å². The number of ether oxygens (including phenoxy) is 3. The molecule has 0 atom stereocenters. The van der Waals surface area contributed by atoms with E-state index in [0.29, 0.717) is 41.7 Å². The standard InChI is InChI=1S/C31H35ClF2O5/c1-2-29(35)38-17-3-16-37-25-12-10-23(11-13-25)31(36)39-26-14-8-21(9-15-26)20-4-6-22(7-5-20)24-18-27(33)30(32)28(34)19-24/h2,10-13,18-22,26H,1,3-9,14-17H2. The highest BCUT2D eigenvalue weighted by molar-refractivity contribution is 6.30. The Morgan fingerprint density at radius 3 is 2.08 bits per heavy atom. The fourth-order valence-corrected chi connectivity index (χ4v) is 5.91. The topological polar surface area (TPSA) is 61.8 Å². The Hall–Kier alpha value is -2.93. The quantitative estimate of drug-likeness (QED) is 0.128. The van der Waals surface area contributed by atoms with Crippen LogP contribution in [0.25, 0.3) is 0 Å². The van der Waals surface area contributed by atoms with Crippen molar-refractivity contribution in [2.24, 2.45) is 11.8 Å². The first kappa shape index (κ1) is 29.1. The summed E-state index contributed by atoms with van der Waals surface area (Å²) in [6, 6.07) is 9.60. The molecule has 2 saturated carbocycles. The number of hydrogen-bond donors (Lipinski definition) is 0. The fourth-order valence-electron chi connectivity index (χ4n) is 5.80. The summed E-state index contributed by atoms with van der Waals surface area (Å²) in [5.41, 5.74) is 1.19. The number of carbonyl (C=O) groups is 2. The molecule has 0 bridgehead atoms. The predicted molar refractivity (Wildman–Crippen MR) is 145 cm³/mol. The van der Waals surface area contributed by atoms with Crippen molar-refractivity contribution in [3.8, 4) is 5.75 Å². The van der Waals surface area contributed by atoms with Gasteiger partial charge in [0, 0.05) is 12.5 Å². The van der Waals surface area contributed by atoms with Crippen LogP contribution in [0.3, 0.4) is 0 Å². The van der Waals surface area contributed by atoms with Gasteiger partial charge in [-0.05, 0) is 111 Å². The normalized spacial score (nSPS) is 23.1. The number of rotatable bonds is 10. The molecule has 2 fully saturated rings. The summed E-state index contributed by atoms with van der Waals surface area (Å²) >= 11 is 5.63. The van der Waals surface area contributed by atoms with E-state index in [4.69, 9.17) is 25.8 Å². The van der Waals surface area contributed by atoms with Gasteiger partial charge in [0.25, 0.3) is 0 Å². The summed E-state index contributed by atoms with van der Waals surface area (Å²) in [7, 11) is 0. The Morgan fingerprint density at radius 1 is 0.897 bits per heavy atom. The van der Waals surface area contributed by atoms with E-state index in [1.165, 1.54) is 12.1 Å². The van der Waals surface area contributed by atoms with Crippen molar-refractivity contribution in [2.45, 2.75) is 69.8 Å². The van der Waals surface area contributed by atoms with Gasteiger partial charge in [-0.25, -0.2) is 18.4 Å². The van der Waals surface area contributed by atoms with Crippen molar-refractivity contribution in [3.63, 3.8) is 0 Å². The molecule has 0 aromatic heterocycles. The van der Waals surface area contributed by atoms with Crippen molar-refractivity contribution >= 4 is 23.5 Å². The smallest absolute Gasteiger partial charge is 0.338 e. The van der Waals surface area contributed by atoms with Gasteiger partial charge in [-0.15, -0.1) is 0 Å². The summed E-state index contributed by atoms with van der Waals surface area (Å²) in [5.74, 6) is -0.177. The van der Waals surface area contributed by atoms with Crippen molar-refractivity contribution in [1.82, 2.24) is 0 Å². The average Bonchev–Trinajstić information content (AvgIpc) is 2.96. The number of carbonyl (C=O) groups excluding carboxylic acids is 2. The number of esters is 2. The highest BCUT2D eigenvalue weighted by atomic mass is 35.5. The van der Waals surface area contributed by atoms with E-state index in [1.807, 2.05) is 0 Å². The molecule has 2 aromatic carbocycles. The Balaban J connectivity index is 1.16. The van der Waals surface area contributed by atoms with Crippen molar-refractivity contribution in [3.05, 3.63) is 76.8 Å². The molecule has 8 heteroatoms. The van der Waals surface area contributed by atoms with E-state index < -0.39 is 22.6 Å². The zero-order valence-corrected chi connectivity index (χ0v) is 22.8. The Bertz CT molecular complexity index is 1110. The third-order valence-electron chi connectivity index (χ3n) is 7.97. The van der Waals surface area contributed by atoms with Crippen LogP contribution in [0.5, 0.6) is 5.75 Å². The maximum absolute atomic E-state index is 13.9. The van der Waals surface area contributed by atoms with E-state index in [9.17, 15) is 18.4 Å². The largest absolute Gasteiger partial charge is 0.493 e. The van der Waals surface area contributed by atoms with Crippen LogP contribution in [0.4, 0.5) is 8.78 Å². The van der Waals surface area contributed by atoms with Crippen molar-refractivity contribution in [1.29, 1.82) is 0 Å². The van der Waals surface area contributed by atoms with Crippen LogP contribution in [0.15, 0.2) is 49.1 Å². The molecule has 2 aliphatic carbocycles. The van der Waals surface area contributed by atoms with Crippen LogP contribution in [0.2, 0.25) is 5.02 Å². The maximum atomic E-state index is 13.9. The summed E-state index contributed by atoms with van der Waals surface area (Å²) < 4.78 is 44.1. The molecule has 5 nitrogen and oxygen atoms in total. The zero-order chi connectivity index (χ0) is 27.8. The Kier molecular flexibility index (Phi) is 10.4. The lowest BCUT2D eigenvalue weighted by molar-refractivity contribution is -0.137. The van der Waals surface area contributed by atoms with E-state index in [0.717, 1.165) is 57.4 Å². The third kappa shape index (κ3) is 8.04. The van der Waals surface area contributed by atoms with Crippen LogP contribution >= 0.6 is 11.6 Å². The lowest BCUT2D eigenvalue weighted by atomic mass is 9.69. The molecule has 0 aliphatic heterocycles. The molecule has 0 heterocycles. The van der Waals surface area contributed by atoms with Gasteiger partial charge in [-0.3, -0.25) is 0 Å². The van der Waals surface area contributed by atoms with E-state index in [1.54, 1.807) is 24.3 Å². The molecule has 0 N–H and O–H groups in total. The molecule has 2 aliphatic rings. The molecule has 39 heavy (non-hydrogen) atoms. The molecule has 4 rings (SSSR count). The van der Waals surface area contributed by atoms with Crippen LogP contribution in [-0.2, 0) is 14.3 Å². The predicted octanol–water partition coefficient (Wildman–Crippen LogP) is 7.81. The monoisotopic (exact) mass is 560 g/mol. The molecular formula is C31H35ClF2O5. The van der Waals surface area contributed by atoms with Crippen molar-refractivity contribution in [2.75, 3.05) is 13.2 Å². The first-order valence-corrected chi connectivity index (χ1v) is 14.1. The second kappa shape index (κ2) is 13.9. The first-order valence-electron chi connectivity index (χ1n) is 13.7. The zero-order valence-electron chi connectivity index (χ0n) is 22.0. The molecule has 0 radical (unpaired) electrons. The number of benzene rings is 2. The molecule has 0 saturated heterocycles. The second-order valence-electron chi connectivity index (χ2n) is 10.5. The van der Waals surface area contributed by atoms with Gasteiger partial charge < -0.3 is 14.2 Å². The lowest BCUT2D eigenvalue weighted by Crippen LogP contribution is -2.29. The van der Waals surface area contributed by atoms with Gasteiger partial charge in [0.15, 0.2) is 0 Å². The summed E-state index contributed by atoms with van der Waals surface area (Å²) in [6.07, 6.45) is 9.25. The lowest BCUT2D eigenvalue weighted by Gasteiger charge is -2.37. The van der Waals surface area contributed by atoms with Crippen LogP contribution < -0.4 is 4.74 Å². The minimum absolute atomic E-state index is 0.0840.